The van der Waals surface area contributed by atoms with Crippen molar-refractivity contribution in [2.24, 2.45) is 0 Å². The molecular formula is C24H18Cl2N2O4. The first-order valence-corrected chi connectivity index (χ1v) is 10.6. The Hall–Kier alpha value is -3.35. The van der Waals surface area contributed by atoms with Crippen LogP contribution in [0.25, 0.3) is 5.76 Å². The minimum absolute atomic E-state index is 0.112. The van der Waals surface area contributed by atoms with Crippen LogP contribution in [0.4, 0.5) is 5.69 Å². The number of ketones is 1. The zero-order valence-corrected chi connectivity index (χ0v) is 18.5. The van der Waals surface area contributed by atoms with Gasteiger partial charge in [-0.3, -0.25) is 19.5 Å². The maximum atomic E-state index is 13.1. The monoisotopic (exact) mass is 468 g/mol. The molecule has 0 bridgehead atoms. The molecule has 1 saturated heterocycles. The van der Waals surface area contributed by atoms with Gasteiger partial charge in [0.1, 0.15) is 17.6 Å². The van der Waals surface area contributed by atoms with Crippen molar-refractivity contribution in [3.05, 3.63) is 93.7 Å². The van der Waals surface area contributed by atoms with Crippen molar-refractivity contribution in [1.82, 2.24) is 4.98 Å². The molecular weight excluding hydrogens is 451 g/mol. The molecule has 1 aliphatic heterocycles. The molecule has 1 aliphatic rings. The van der Waals surface area contributed by atoms with Gasteiger partial charge in [0.05, 0.1) is 22.9 Å². The Morgan fingerprint density at radius 2 is 1.84 bits per heavy atom. The number of benzene rings is 2. The first-order chi connectivity index (χ1) is 15.4. The summed E-state index contributed by atoms with van der Waals surface area (Å²) in [6, 6.07) is 15.5. The standard InChI is InChI=1S/C24H18Cl2N2O4/c1-2-32-16-10-11-18(26)17(13-16)22(29)20-21(19-5-3-4-12-27-19)28(24(31)23(20)30)15-8-6-14(25)7-9-15/h3-13,21,29H,2H2,1H3/b22-20+. The summed E-state index contributed by atoms with van der Waals surface area (Å²) in [4.78, 5) is 31.9. The second-order valence-corrected chi connectivity index (χ2v) is 7.82. The van der Waals surface area contributed by atoms with E-state index in [9.17, 15) is 14.7 Å². The fraction of sp³-hybridized carbons (Fsp3) is 0.125. The number of hydrogen-bond donors (Lipinski definition) is 1. The third-order valence-corrected chi connectivity index (χ3v) is 5.60. The molecule has 1 amide bonds. The largest absolute Gasteiger partial charge is 0.507 e. The predicted molar refractivity (Wildman–Crippen MR) is 123 cm³/mol. The van der Waals surface area contributed by atoms with Crippen molar-refractivity contribution in [3.63, 3.8) is 0 Å². The molecule has 0 radical (unpaired) electrons. The Bertz CT molecular complexity index is 1210. The average molecular weight is 469 g/mol. The fourth-order valence-electron chi connectivity index (χ4n) is 3.61. The van der Waals surface area contributed by atoms with Crippen LogP contribution in [0, 0.1) is 0 Å². The zero-order chi connectivity index (χ0) is 22.8. The number of Topliss-reactive ketones (excluding diaryl/α,β-unsaturated/α-hetero) is 1. The van der Waals surface area contributed by atoms with Gasteiger partial charge >= 0.3 is 0 Å². The lowest BCUT2D eigenvalue weighted by atomic mass is 9.98. The van der Waals surface area contributed by atoms with Crippen LogP contribution in [0.3, 0.4) is 0 Å². The van der Waals surface area contributed by atoms with Crippen molar-refractivity contribution >= 4 is 46.3 Å². The van der Waals surface area contributed by atoms with Crippen LogP contribution < -0.4 is 9.64 Å². The Morgan fingerprint density at radius 1 is 1.09 bits per heavy atom. The van der Waals surface area contributed by atoms with Gasteiger partial charge in [-0.05, 0) is 61.5 Å². The van der Waals surface area contributed by atoms with E-state index < -0.39 is 23.5 Å². The molecule has 0 spiro atoms. The van der Waals surface area contributed by atoms with E-state index in [0.717, 1.165) is 0 Å². The quantitative estimate of drug-likeness (QED) is 0.307. The molecule has 0 aliphatic carbocycles. The highest BCUT2D eigenvalue weighted by atomic mass is 35.5. The Labute approximate surface area is 194 Å². The molecule has 4 rings (SSSR count). The van der Waals surface area contributed by atoms with Crippen molar-refractivity contribution in [2.75, 3.05) is 11.5 Å². The highest BCUT2D eigenvalue weighted by molar-refractivity contribution is 6.52. The first-order valence-electron chi connectivity index (χ1n) is 9.82. The van der Waals surface area contributed by atoms with Crippen LogP contribution in [-0.4, -0.2) is 28.4 Å². The minimum atomic E-state index is -0.954. The number of ether oxygens (including phenoxy) is 1. The third kappa shape index (κ3) is 3.95. The van der Waals surface area contributed by atoms with Crippen molar-refractivity contribution in [3.8, 4) is 5.75 Å². The van der Waals surface area contributed by atoms with Crippen molar-refractivity contribution < 1.29 is 19.4 Å². The van der Waals surface area contributed by atoms with Gasteiger partial charge < -0.3 is 9.84 Å². The molecule has 162 valence electrons. The summed E-state index contributed by atoms with van der Waals surface area (Å²) in [6.45, 7) is 2.24. The van der Waals surface area contributed by atoms with Crippen LogP contribution in [0.15, 0.2) is 72.4 Å². The summed E-state index contributed by atoms with van der Waals surface area (Å²) in [7, 11) is 0. The zero-order valence-electron chi connectivity index (χ0n) is 17.0. The molecule has 0 saturated carbocycles. The van der Waals surface area contributed by atoms with E-state index in [2.05, 4.69) is 4.98 Å². The molecule has 2 aromatic carbocycles. The van der Waals surface area contributed by atoms with E-state index in [1.54, 1.807) is 60.8 Å². The second-order valence-electron chi connectivity index (χ2n) is 6.97. The summed E-state index contributed by atoms with van der Waals surface area (Å²) in [5.74, 6) is -1.56. The van der Waals surface area contributed by atoms with Gasteiger partial charge in [0.25, 0.3) is 11.7 Å². The molecule has 2 heterocycles. The first kappa shape index (κ1) is 21.9. The fourth-order valence-corrected chi connectivity index (χ4v) is 3.94. The number of carbonyl (C=O) groups excluding carboxylic acids is 2. The molecule has 6 nitrogen and oxygen atoms in total. The van der Waals surface area contributed by atoms with Gasteiger partial charge in [0, 0.05) is 22.5 Å². The van der Waals surface area contributed by atoms with E-state index >= 15 is 0 Å². The van der Waals surface area contributed by atoms with Crippen LogP contribution in [0.5, 0.6) is 5.75 Å². The van der Waals surface area contributed by atoms with Gasteiger partial charge in [0.2, 0.25) is 0 Å². The number of anilines is 1. The van der Waals surface area contributed by atoms with E-state index in [-0.39, 0.29) is 16.2 Å². The number of rotatable bonds is 5. The number of aliphatic hydroxyl groups excluding tert-OH is 1. The molecule has 1 unspecified atom stereocenters. The average Bonchev–Trinajstić information content (AvgIpc) is 3.06. The Kier molecular flexibility index (Phi) is 6.17. The van der Waals surface area contributed by atoms with E-state index in [1.807, 2.05) is 6.92 Å². The molecule has 1 atom stereocenters. The van der Waals surface area contributed by atoms with E-state index in [1.165, 1.54) is 11.0 Å². The van der Waals surface area contributed by atoms with Gasteiger partial charge in [-0.25, -0.2) is 0 Å². The number of nitrogens with zero attached hydrogens (tertiary/aromatic N) is 2. The number of halogens is 2. The molecule has 1 N–H and O–H groups in total. The summed E-state index contributed by atoms with van der Waals surface area (Å²) < 4.78 is 5.50. The van der Waals surface area contributed by atoms with Gasteiger partial charge in [-0.15, -0.1) is 0 Å². The molecule has 3 aromatic rings. The number of carbonyl (C=O) groups is 2. The maximum absolute atomic E-state index is 13.1. The maximum Gasteiger partial charge on any atom is 0.300 e. The molecule has 1 fully saturated rings. The molecule has 32 heavy (non-hydrogen) atoms. The smallest absolute Gasteiger partial charge is 0.300 e. The lowest BCUT2D eigenvalue weighted by molar-refractivity contribution is -0.132. The number of aliphatic hydroxyl groups is 1. The second kappa shape index (κ2) is 9.02. The third-order valence-electron chi connectivity index (χ3n) is 5.02. The van der Waals surface area contributed by atoms with Gasteiger partial charge in [0.15, 0.2) is 0 Å². The number of amides is 1. The summed E-state index contributed by atoms with van der Waals surface area (Å²) in [6.07, 6.45) is 1.56. The number of pyridine rings is 1. The Balaban J connectivity index is 1.94. The predicted octanol–water partition coefficient (Wildman–Crippen LogP) is 5.41. The summed E-state index contributed by atoms with van der Waals surface area (Å²) >= 11 is 12.3. The van der Waals surface area contributed by atoms with E-state index in [4.69, 9.17) is 27.9 Å². The topological polar surface area (TPSA) is 79.7 Å². The summed E-state index contributed by atoms with van der Waals surface area (Å²) in [5.41, 5.74) is 0.938. The SMILES string of the molecule is CCOc1ccc(Cl)c(/C(O)=C2\C(=O)C(=O)N(c3ccc(Cl)cc3)C2c2ccccn2)c1. The van der Waals surface area contributed by atoms with Crippen molar-refractivity contribution in [2.45, 2.75) is 13.0 Å². The van der Waals surface area contributed by atoms with E-state index in [0.29, 0.717) is 28.8 Å². The normalized spacial score (nSPS) is 17.6. The van der Waals surface area contributed by atoms with Crippen LogP contribution in [-0.2, 0) is 9.59 Å². The lowest BCUT2D eigenvalue weighted by Gasteiger charge is -2.24. The van der Waals surface area contributed by atoms with Crippen LogP contribution >= 0.6 is 23.2 Å². The van der Waals surface area contributed by atoms with Crippen LogP contribution in [0.1, 0.15) is 24.2 Å². The van der Waals surface area contributed by atoms with Crippen molar-refractivity contribution in [1.29, 1.82) is 0 Å². The van der Waals surface area contributed by atoms with Crippen LogP contribution in [0.2, 0.25) is 10.0 Å². The van der Waals surface area contributed by atoms with Gasteiger partial charge in [-0.1, -0.05) is 29.3 Å². The molecule has 8 heteroatoms. The summed E-state index contributed by atoms with van der Waals surface area (Å²) in [5, 5.41) is 11.9. The highest BCUT2D eigenvalue weighted by Gasteiger charge is 2.47. The lowest BCUT2D eigenvalue weighted by Crippen LogP contribution is -2.29. The highest BCUT2D eigenvalue weighted by Crippen LogP contribution is 2.42. The number of aromatic nitrogens is 1. The minimum Gasteiger partial charge on any atom is -0.507 e. The molecule has 1 aromatic heterocycles. The Morgan fingerprint density at radius 3 is 2.50 bits per heavy atom. The van der Waals surface area contributed by atoms with Gasteiger partial charge in [-0.2, -0.15) is 0 Å². The number of hydrogen-bond acceptors (Lipinski definition) is 5.